The van der Waals surface area contributed by atoms with E-state index in [9.17, 15) is 28.1 Å². The molecule has 0 aromatic heterocycles. The van der Waals surface area contributed by atoms with E-state index in [4.69, 9.17) is 4.74 Å². The Hall–Kier alpha value is -3.10. The molecular formula is C14H8F3NO5. The number of nitrogens with zero attached hydrogens (tertiary/aromatic N) is 1. The van der Waals surface area contributed by atoms with Crippen LogP contribution in [0.2, 0.25) is 0 Å². The number of benzene rings is 2. The minimum absolute atomic E-state index is 0.00197. The number of non-ortho nitro benzene ring substituents is 1. The van der Waals surface area contributed by atoms with Gasteiger partial charge in [-0.15, -0.1) is 13.2 Å². The molecule has 0 aliphatic heterocycles. The van der Waals surface area contributed by atoms with Crippen molar-refractivity contribution in [1.29, 1.82) is 0 Å². The Kier molecular flexibility index (Phi) is 4.49. The van der Waals surface area contributed by atoms with Gasteiger partial charge in [0.25, 0.3) is 5.69 Å². The van der Waals surface area contributed by atoms with E-state index in [2.05, 4.69) is 4.74 Å². The molecule has 6 nitrogen and oxygen atoms in total. The van der Waals surface area contributed by atoms with Crippen LogP contribution < -0.4 is 9.47 Å². The average Bonchev–Trinajstić information content (AvgIpc) is 2.46. The third-order valence-electron chi connectivity index (χ3n) is 2.58. The summed E-state index contributed by atoms with van der Waals surface area (Å²) in [7, 11) is 0. The monoisotopic (exact) mass is 327 g/mol. The number of alkyl halides is 3. The molecule has 2 aromatic carbocycles. The van der Waals surface area contributed by atoms with Crippen LogP contribution in [0.4, 0.5) is 18.9 Å². The average molecular weight is 327 g/mol. The van der Waals surface area contributed by atoms with E-state index in [1.165, 1.54) is 12.1 Å². The number of hydrogen-bond acceptors (Lipinski definition) is 5. The molecule has 0 amide bonds. The Morgan fingerprint density at radius 1 is 0.957 bits per heavy atom. The molecule has 0 saturated carbocycles. The first-order valence-corrected chi connectivity index (χ1v) is 6.07. The van der Waals surface area contributed by atoms with Gasteiger partial charge in [-0.1, -0.05) is 0 Å². The minimum atomic E-state index is -4.82. The summed E-state index contributed by atoms with van der Waals surface area (Å²) in [5, 5.41) is 10.5. The van der Waals surface area contributed by atoms with E-state index in [-0.39, 0.29) is 17.0 Å². The third-order valence-corrected chi connectivity index (χ3v) is 2.58. The van der Waals surface area contributed by atoms with Crippen molar-refractivity contribution in [1.82, 2.24) is 0 Å². The first-order chi connectivity index (χ1) is 10.7. The van der Waals surface area contributed by atoms with Crippen molar-refractivity contribution in [2.45, 2.75) is 6.36 Å². The minimum Gasteiger partial charge on any atom is -0.423 e. The lowest BCUT2D eigenvalue weighted by atomic mass is 10.2. The Morgan fingerprint density at radius 3 is 1.96 bits per heavy atom. The van der Waals surface area contributed by atoms with Gasteiger partial charge in [0.15, 0.2) is 0 Å². The predicted molar refractivity (Wildman–Crippen MR) is 71.2 cm³/mol. The number of hydrogen-bond donors (Lipinski definition) is 0. The summed E-state index contributed by atoms with van der Waals surface area (Å²) in [5.74, 6) is -1.22. The molecule has 0 spiro atoms. The highest BCUT2D eigenvalue weighted by molar-refractivity contribution is 5.91. The Balaban J connectivity index is 2.04. The molecule has 0 fully saturated rings. The molecule has 9 heteroatoms. The molecule has 0 N–H and O–H groups in total. The molecule has 2 aromatic rings. The van der Waals surface area contributed by atoms with Crippen LogP contribution in [-0.2, 0) is 0 Å². The number of nitro groups is 1. The molecule has 0 heterocycles. The standard InChI is InChI=1S/C14H8F3NO5/c15-14(16,17)23-12-5-1-9(2-6-12)13(19)22-11-7-3-10(4-8-11)18(20)21/h1-8H. The van der Waals surface area contributed by atoms with Crippen LogP contribution in [0.1, 0.15) is 10.4 Å². The van der Waals surface area contributed by atoms with Crippen molar-refractivity contribution < 1.29 is 32.4 Å². The SMILES string of the molecule is O=C(Oc1ccc([N+](=O)[O-])cc1)c1ccc(OC(F)(F)F)cc1. The highest BCUT2D eigenvalue weighted by Crippen LogP contribution is 2.23. The second kappa shape index (κ2) is 6.34. The maximum absolute atomic E-state index is 12.0. The lowest BCUT2D eigenvalue weighted by Gasteiger charge is -2.09. The van der Waals surface area contributed by atoms with E-state index >= 15 is 0 Å². The summed E-state index contributed by atoms with van der Waals surface area (Å²) < 4.78 is 44.7. The molecule has 0 bridgehead atoms. The quantitative estimate of drug-likeness (QED) is 0.370. The molecule has 2 rings (SSSR count). The number of carbonyl (C=O) groups excluding carboxylic acids is 1. The van der Waals surface area contributed by atoms with E-state index in [0.717, 1.165) is 36.4 Å². The number of esters is 1. The van der Waals surface area contributed by atoms with Gasteiger partial charge in [-0.25, -0.2) is 4.79 Å². The molecule has 120 valence electrons. The van der Waals surface area contributed by atoms with Gasteiger partial charge < -0.3 is 9.47 Å². The van der Waals surface area contributed by atoms with Crippen molar-refractivity contribution in [3.8, 4) is 11.5 Å². The van der Waals surface area contributed by atoms with Gasteiger partial charge in [0.2, 0.25) is 0 Å². The zero-order chi connectivity index (χ0) is 17.0. The molecule has 0 aliphatic carbocycles. The summed E-state index contributed by atoms with van der Waals surface area (Å²) in [5.41, 5.74) is -0.170. The van der Waals surface area contributed by atoms with Crippen LogP contribution in [0, 0.1) is 10.1 Å². The van der Waals surface area contributed by atoms with Crippen LogP contribution >= 0.6 is 0 Å². The highest BCUT2D eigenvalue weighted by Gasteiger charge is 2.31. The van der Waals surface area contributed by atoms with Gasteiger partial charge in [-0.3, -0.25) is 10.1 Å². The van der Waals surface area contributed by atoms with E-state index in [0.29, 0.717) is 0 Å². The maximum atomic E-state index is 12.0. The Bertz CT molecular complexity index is 711. The normalized spacial score (nSPS) is 10.9. The van der Waals surface area contributed by atoms with Crippen LogP contribution in [-0.4, -0.2) is 17.3 Å². The molecule has 0 atom stereocenters. The number of carbonyl (C=O) groups is 1. The van der Waals surface area contributed by atoms with Crippen molar-refractivity contribution in [3.63, 3.8) is 0 Å². The van der Waals surface area contributed by atoms with Crippen molar-refractivity contribution in [2.24, 2.45) is 0 Å². The fraction of sp³-hybridized carbons (Fsp3) is 0.0714. The molecule has 0 saturated heterocycles. The van der Waals surface area contributed by atoms with Crippen molar-refractivity contribution in [3.05, 3.63) is 64.2 Å². The van der Waals surface area contributed by atoms with Crippen molar-refractivity contribution >= 4 is 11.7 Å². The van der Waals surface area contributed by atoms with Gasteiger partial charge in [-0.05, 0) is 36.4 Å². The first-order valence-electron chi connectivity index (χ1n) is 6.07. The van der Waals surface area contributed by atoms with Gasteiger partial charge in [-0.2, -0.15) is 0 Å². The fourth-order valence-corrected chi connectivity index (χ4v) is 1.59. The van der Waals surface area contributed by atoms with Crippen molar-refractivity contribution in [2.75, 3.05) is 0 Å². The zero-order valence-corrected chi connectivity index (χ0v) is 11.2. The maximum Gasteiger partial charge on any atom is 0.573 e. The number of halogens is 3. The van der Waals surface area contributed by atoms with Crippen LogP contribution in [0.15, 0.2) is 48.5 Å². The summed E-state index contributed by atoms with van der Waals surface area (Å²) in [6, 6.07) is 8.93. The van der Waals surface area contributed by atoms with E-state index in [1.54, 1.807) is 0 Å². The number of nitro benzene ring substituents is 1. The lowest BCUT2D eigenvalue weighted by molar-refractivity contribution is -0.384. The molecule has 0 unspecified atom stereocenters. The predicted octanol–water partition coefficient (Wildman–Crippen LogP) is 3.71. The summed E-state index contributed by atoms with van der Waals surface area (Å²) in [4.78, 5) is 21.7. The summed E-state index contributed by atoms with van der Waals surface area (Å²) in [6.45, 7) is 0. The topological polar surface area (TPSA) is 78.7 Å². The van der Waals surface area contributed by atoms with Gasteiger partial charge in [0.1, 0.15) is 11.5 Å². The zero-order valence-electron chi connectivity index (χ0n) is 11.2. The molecule has 0 radical (unpaired) electrons. The highest BCUT2D eigenvalue weighted by atomic mass is 19.4. The second-order valence-electron chi connectivity index (χ2n) is 4.21. The molecule has 23 heavy (non-hydrogen) atoms. The Morgan fingerprint density at radius 2 is 1.48 bits per heavy atom. The third kappa shape index (κ3) is 4.70. The number of rotatable bonds is 4. The van der Waals surface area contributed by atoms with Crippen LogP contribution in [0.5, 0.6) is 11.5 Å². The smallest absolute Gasteiger partial charge is 0.423 e. The van der Waals surface area contributed by atoms with E-state index in [1.807, 2.05) is 0 Å². The van der Waals surface area contributed by atoms with Crippen LogP contribution in [0.3, 0.4) is 0 Å². The van der Waals surface area contributed by atoms with E-state index < -0.39 is 23.0 Å². The fourth-order valence-electron chi connectivity index (χ4n) is 1.59. The number of ether oxygens (including phenoxy) is 2. The second-order valence-corrected chi connectivity index (χ2v) is 4.21. The van der Waals surface area contributed by atoms with Crippen LogP contribution in [0.25, 0.3) is 0 Å². The summed E-state index contributed by atoms with van der Waals surface area (Å²) >= 11 is 0. The van der Waals surface area contributed by atoms with Gasteiger partial charge in [0, 0.05) is 12.1 Å². The van der Waals surface area contributed by atoms with Gasteiger partial charge >= 0.3 is 12.3 Å². The Labute approximate surface area is 127 Å². The largest absolute Gasteiger partial charge is 0.573 e. The summed E-state index contributed by atoms with van der Waals surface area (Å²) in [6.07, 6.45) is -4.82. The first kappa shape index (κ1) is 16.3. The molecule has 0 aliphatic rings. The lowest BCUT2D eigenvalue weighted by Crippen LogP contribution is -2.17. The molecular weight excluding hydrogens is 319 g/mol. The van der Waals surface area contributed by atoms with Gasteiger partial charge in [0.05, 0.1) is 10.5 Å².